The van der Waals surface area contributed by atoms with Gasteiger partial charge in [-0.15, -0.1) is 0 Å². The van der Waals surface area contributed by atoms with Crippen molar-refractivity contribution in [3.8, 4) is 5.75 Å². The first-order chi connectivity index (χ1) is 7.93. The zero-order valence-electron chi connectivity index (χ0n) is 11.7. The van der Waals surface area contributed by atoms with Gasteiger partial charge in [0.2, 0.25) is 0 Å². The van der Waals surface area contributed by atoms with E-state index in [-0.39, 0.29) is 0 Å². The summed E-state index contributed by atoms with van der Waals surface area (Å²) in [6, 6.07) is 2.47. The second-order valence-corrected chi connectivity index (χ2v) is 5.09. The molecule has 0 aliphatic carbocycles. The molecule has 1 rings (SSSR count). The third-order valence-electron chi connectivity index (χ3n) is 3.46. The molecule has 0 spiro atoms. The topological polar surface area (TPSA) is 12.5 Å². The fourth-order valence-electron chi connectivity index (χ4n) is 2.30. The zero-order chi connectivity index (χ0) is 13.2. The quantitative estimate of drug-likeness (QED) is 0.828. The summed E-state index contributed by atoms with van der Waals surface area (Å²) in [6.07, 6.45) is 0. The summed E-state index contributed by atoms with van der Waals surface area (Å²) in [5.74, 6) is 1.79. The first kappa shape index (κ1) is 14.4. The highest BCUT2D eigenvalue weighted by Crippen LogP contribution is 2.33. The molecule has 0 saturated heterocycles. The summed E-state index contributed by atoms with van der Waals surface area (Å²) >= 11 is 4.47. The van der Waals surface area contributed by atoms with E-state index < -0.39 is 0 Å². The SMILES string of the molecule is COc1cc(C)c(C(CS)N(C)C)c(C)c1C. The lowest BCUT2D eigenvalue weighted by Gasteiger charge is -2.27. The Kier molecular flexibility index (Phi) is 4.90. The minimum absolute atomic E-state index is 0.350. The highest BCUT2D eigenvalue weighted by molar-refractivity contribution is 7.80. The summed E-state index contributed by atoms with van der Waals surface area (Å²) in [6.45, 7) is 6.42. The van der Waals surface area contributed by atoms with E-state index in [9.17, 15) is 0 Å². The van der Waals surface area contributed by atoms with Crippen LogP contribution >= 0.6 is 12.6 Å². The molecule has 1 aromatic rings. The Morgan fingerprint density at radius 2 is 1.82 bits per heavy atom. The minimum atomic E-state index is 0.350. The van der Waals surface area contributed by atoms with Crippen LogP contribution in [0.2, 0.25) is 0 Å². The van der Waals surface area contributed by atoms with E-state index in [1.54, 1.807) is 7.11 Å². The van der Waals surface area contributed by atoms with E-state index in [0.717, 1.165) is 11.5 Å². The van der Waals surface area contributed by atoms with E-state index in [1.807, 2.05) is 0 Å². The molecule has 0 bridgehead atoms. The van der Waals surface area contributed by atoms with Gasteiger partial charge in [-0.2, -0.15) is 12.6 Å². The number of rotatable bonds is 4. The smallest absolute Gasteiger partial charge is 0.122 e. The molecule has 0 saturated carbocycles. The molecule has 2 nitrogen and oxygen atoms in total. The first-order valence-electron chi connectivity index (χ1n) is 5.86. The summed E-state index contributed by atoms with van der Waals surface area (Å²) in [7, 11) is 5.92. The van der Waals surface area contributed by atoms with E-state index in [4.69, 9.17) is 4.74 Å². The van der Waals surface area contributed by atoms with Crippen molar-refractivity contribution in [3.63, 3.8) is 0 Å². The standard InChI is InChI=1S/C14H23NOS/c1-9-7-13(16-6)10(2)11(3)14(9)12(8-17)15(4)5/h7,12,17H,8H2,1-6H3. The average Bonchev–Trinajstić information content (AvgIpc) is 2.28. The summed E-state index contributed by atoms with van der Waals surface area (Å²) in [5, 5.41) is 0. The normalized spacial score (nSPS) is 12.9. The van der Waals surface area contributed by atoms with Gasteiger partial charge in [-0.25, -0.2) is 0 Å². The molecular formula is C14H23NOS. The molecule has 3 heteroatoms. The number of hydrogen-bond acceptors (Lipinski definition) is 3. The predicted octanol–water partition coefficient (Wildman–Crippen LogP) is 3.15. The Morgan fingerprint density at radius 3 is 2.24 bits per heavy atom. The van der Waals surface area contributed by atoms with Gasteiger partial charge in [-0.1, -0.05) is 0 Å². The van der Waals surface area contributed by atoms with Gasteiger partial charge < -0.3 is 9.64 Å². The maximum absolute atomic E-state index is 5.40. The van der Waals surface area contributed by atoms with Crippen LogP contribution in [0, 0.1) is 20.8 Å². The molecular weight excluding hydrogens is 230 g/mol. The molecule has 0 fully saturated rings. The maximum Gasteiger partial charge on any atom is 0.122 e. The van der Waals surface area contributed by atoms with Crippen LogP contribution in [0.1, 0.15) is 28.3 Å². The van der Waals surface area contributed by atoms with E-state index >= 15 is 0 Å². The minimum Gasteiger partial charge on any atom is -0.496 e. The van der Waals surface area contributed by atoms with Gasteiger partial charge in [-0.3, -0.25) is 0 Å². The number of thiol groups is 1. The van der Waals surface area contributed by atoms with Crippen molar-refractivity contribution in [3.05, 3.63) is 28.3 Å². The van der Waals surface area contributed by atoms with Gasteiger partial charge in [0.25, 0.3) is 0 Å². The van der Waals surface area contributed by atoms with Crippen molar-refractivity contribution in [1.82, 2.24) is 4.90 Å². The van der Waals surface area contributed by atoms with Crippen LogP contribution in [0.25, 0.3) is 0 Å². The first-order valence-corrected chi connectivity index (χ1v) is 6.49. The maximum atomic E-state index is 5.40. The summed E-state index contributed by atoms with van der Waals surface area (Å²) < 4.78 is 5.40. The fraction of sp³-hybridized carbons (Fsp3) is 0.571. The molecule has 96 valence electrons. The van der Waals surface area contributed by atoms with Crippen LogP contribution in [0.3, 0.4) is 0 Å². The van der Waals surface area contributed by atoms with Gasteiger partial charge in [-0.05, 0) is 63.2 Å². The van der Waals surface area contributed by atoms with Gasteiger partial charge >= 0.3 is 0 Å². The monoisotopic (exact) mass is 253 g/mol. The Labute approximate surface area is 110 Å². The number of ether oxygens (including phenoxy) is 1. The van der Waals surface area contributed by atoms with Gasteiger partial charge in [0, 0.05) is 11.8 Å². The molecule has 1 unspecified atom stereocenters. The largest absolute Gasteiger partial charge is 0.496 e. The predicted molar refractivity (Wildman–Crippen MR) is 77.5 cm³/mol. The van der Waals surface area contributed by atoms with Crippen molar-refractivity contribution < 1.29 is 4.74 Å². The van der Waals surface area contributed by atoms with Crippen LogP contribution in [0.4, 0.5) is 0 Å². The van der Waals surface area contributed by atoms with Crippen LogP contribution in [0.15, 0.2) is 6.07 Å². The molecule has 0 heterocycles. The summed E-state index contributed by atoms with van der Waals surface area (Å²) in [4.78, 5) is 2.22. The number of aryl methyl sites for hydroxylation is 1. The van der Waals surface area contributed by atoms with Crippen molar-refractivity contribution >= 4 is 12.6 Å². The lowest BCUT2D eigenvalue weighted by Crippen LogP contribution is -2.23. The fourth-order valence-corrected chi connectivity index (χ4v) is 2.81. The average molecular weight is 253 g/mol. The van der Waals surface area contributed by atoms with E-state index in [2.05, 4.69) is 58.5 Å². The molecule has 0 radical (unpaired) electrons. The molecule has 1 aromatic carbocycles. The number of nitrogens with zero attached hydrogens (tertiary/aromatic N) is 1. The van der Waals surface area contributed by atoms with Gasteiger partial charge in [0.1, 0.15) is 5.75 Å². The van der Waals surface area contributed by atoms with Crippen LogP contribution < -0.4 is 4.74 Å². The molecule has 0 aliphatic heterocycles. The summed E-state index contributed by atoms with van der Waals surface area (Å²) in [5.41, 5.74) is 5.19. The Bertz CT molecular complexity index is 402. The highest BCUT2D eigenvalue weighted by atomic mass is 32.1. The van der Waals surface area contributed by atoms with Crippen LogP contribution in [0.5, 0.6) is 5.75 Å². The van der Waals surface area contributed by atoms with Gasteiger partial charge in [0.15, 0.2) is 0 Å². The van der Waals surface area contributed by atoms with E-state index in [1.165, 1.54) is 22.3 Å². The number of hydrogen-bond donors (Lipinski definition) is 1. The van der Waals surface area contributed by atoms with Crippen LogP contribution in [-0.4, -0.2) is 31.9 Å². The molecule has 0 amide bonds. The third kappa shape index (κ3) is 2.78. The lowest BCUT2D eigenvalue weighted by molar-refractivity contribution is 0.324. The van der Waals surface area contributed by atoms with Crippen molar-refractivity contribution in [2.24, 2.45) is 0 Å². The Balaban J connectivity index is 3.38. The lowest BCUT2D eigenvalue weighted by atomic mass is 9.92. The van der Waals surface area contributed by atoms with Crippen LogP contribution in [-0.2, 0) is 0 Å². The second kappa shape index (κ2) is 5.78. The second-order valence-electron chi connectivity index (χ2n) is 4.72. The molecule has 17 heavy (non-hydrogen) atoms. The molecule has 0 aliphatic rings. The third-order valence-corrected chi connectivity index (χ3v) is 3.80. The molecule has 1 atom stereocenters. The zero-order valence-corrected chi connectivity index (χ0v) is 12.6. The van der Waals surface area contributed by atoms with Crippen molar-refractivity contribution in [2.45, 2.75) is 26.8 Å². The number of benzene rings is 1. The number of methoxy groups -OCH3 is 1. The van der Waals surface area contributed by atoms with E-state index in [0.29, 0.717) is 6.04 Å². The van der Waals surface area contributed by atoms with Crippen molar-refractivity contribution in [2.75, 3.05) is 27.0 Å². The molecule has 0 aromatic heterocycles. The highest BCUT2D eigenvalue weighted by Gasteiger charge is 2.19. The van der Waals surface area contributed by atoms with Crippen molar-refractivity contribution in [1.29, 1.82) is 0 Å². The molecule has 0 N–H and O–H groups in total. The Morgan fingerprint density at radius 1 is 1.24 bits per heavy atom. The van der Waals surface area contributed by atoms with Gasteiger partial charge in [0.05, 0.1) is 7.11 Å². The Hall–Kier alpha value is -0.670.